The summed E-state index contributed by atoms with van der Waals surface area (Å²) in [7, 11) is -4.03. The van der Waals surface area contributed by atoms with Crippen LogP contribution in [0, 0.1) is 12.7 Å². The third kappa shape index (κ3) is 4.58. The van der Waals surface area contributed by atoms with Crippen molar-refractivity contribution in [2.45, 2.75) is 11.8 Å². The molecule has 2 fully saturated rings. The fourth-order valence-corrected chi connectivity index (χ4v) is 5.43. The van der Waals surface area contributed by atoms with Crippen LogP contribution < -0.4 is 4.90 Å². The largest absolute Gasteiger partial charge is 0.379 e. The van der Waals surface area contributed by atoms with Crippen LogP contribution in [0.4, 0.5) is 10.1 Å². The highest BCUT2D eigenvalue weighted by molar-refractivity contribution is 7.89. The Balaban J connectivity index is 1.49. The number of ether oxygens (including phenoxy) is 1. The number of morpholine rings is 1. The topological polar surface area (TPSA) is 70.2 Å². The van der Waals surface area contributed by atoms with Gasteiger partial charge in [0.15, 0.2) is 0 Å². The van der Waals surface area contributed by atoms with Gasteiger partial charge in [-0.05, 0) is 42.8 Å². The van der Waals surface area contributed by atoms with Gasteiger partial charge < -0.3 is 14.5 Å². The molecule has 0 spiro atoms. The Kier molecular flexibility index (Phi) is 6.27. The number of hydrogen-bond acceptors (Lipinski definition) is 5. The van der Waals surface area contributed by atoms with Crippen molar-refractivity contribution in [3.63, 3.8) is 0 Å². The summed E-state index contributed by atoms with van der Waals surface area (Å²) in [6.07, 6.45) is 0. The van der Waals surface area contributed by atoms with E-state index in [-0.39, 0.29) is 37.8 Å². The van der Waals surface area contributed by atoms with E-state index >= 15 is 0 Å². The first kappa shape index (κ1) is 21.7. The zero-order valence-corrected chi connectivity index (χ0v) is 18.3. The third-order valence-electron chi connectivity index (χ3n) is 5.70. The number of anilines is 1. The molecule has 0 saturated carbocycles. The van der Waals surface area contributed by atoms with Gasteiger partial charge in [-0.15, -0.1) is 0 Å². The third-order valence-corrected chi connectivity index (χ3v) is 7.61. The molecule has 2 aromatic carbocycles. The molecule has 31 heavy (non-hydrogen) atoms. The number of piperazine rings is 1. The van der Waals surface area contributed by atoms with E-state index in [2.05, 4.69) is 11.0 Å². The van der Waals surface area contributed by atoms with Crippen molar-refractivity contribution in [1.82, 2.24) is 9.21 Å². The number of sulfonamides is 1. The van der Waals surface area contributed by atoms with Gasteiger partial charge in [0.05, 0.1) is 13.2 Å². The Morgan fingerprint density at radius 1 is 0.968 bits per heavy atom. The Labute approximate surface area is 182 Å². The molecule has 2 aliphatic rings. The van der Waals surface area contributed by atoms with Gasteiger partial charge in [-0.1, -0.05) is 12.1 Å². The second kappa shape index (κ2) is 8.94. The van der Waals surface area contributed by atoms with Crippen LogP contribution in [-0.2, 0) is 14.8 Å². The molecule has 1 amide bonds. The van der Waals surface area contributed by atoms with E-state index in [1.165, 1.54) is 15.9 Å². The molecule has 2 saturated heterocycles. The van der Waals surface area contributed by atoms with Crippen molar-refractivity contribution in [3.8, 4) is 0 Å². The van der Waals surface area contributed by atoms with E-state index in [1.54, 1.807) is 4.90 Å². The number of nitrogens with zero attached hydrogens (tertiary/aromatic N) is 3. The van der Waals surface area contributed by atoms with E-state index in [0.717, 1.165) is 17.8 Å². The van der Waals surface area contributed by atoms with E-state index in [4.69, 9.17) is 4.74 Å². The summed E-state index contributed by atoms with van der Waals surface area (Å²) in [5.41, 5.74) is 2.47. The molecule has 0 unspecified atom stereocenters. The van der Waals surface area contributed by atoms with Crippen molar-refractivity contribution >= 4 is 21.6 Å². The average molecular weight is 448 g/mol. The van der Waals surface area contributed by atoms with E-state index < -0.39 is 20.7 Å². The molecule has 2 aliphatic heterocycles. The predicted molar refractivity (Wildman–Crippen MR) is 115 cm³/mol. The molecule has 0 N–H and O–H groups in total. The molecular formula is C22H26FN3O4S. The van der Waals surface area contributed by atoms with Crippen LogP contribution in [0.15, 0.2) is 47.4 Å². The summed E-state index contributed by atoms with van der Waals surface area (Å²) in [6, 6.07) is 11.8. The maximum atomic E-state index is 14.4. The molecule has 166 valence electrons. The van der Waals surface area contributed by atoms with Crippen molar-refractivity contribution in [2.24, 2.45) is 0 Å². The normalized spacial score (nSPS) is 18.3. The van der Waals surface area contributed by atoms with Gasteiger partial charge in [0, 0.05) is 50.5 Å². The minimum absolute atomic E-state index is 0.168. The molecule has 9 heteroatoms. The summed E-state index contributed by atoms with van der Waals surface area (Å²) in [4.78, 5) is 16.5. The van der Waals surface area contributed by atoms with Crippen LogP contribution in [0.2, 0.25) is 0 Å². The van der Waals surface area contributed by atoms with Crippen LogP contribution in [0.25, 0.3) is 0 Å². The first-order valence-electron chi connectivity index (χ1n) is 10.3. The number of hydrogen-bond donors (Lipinski definition) is 0. The Hall–Kier alpha value is -2.49. The van der Waals surface area contributed by atoms with Crippen molar-refractivity contribution in [3.05, 3.63) is 59.4 Å². The number of benzene rings is 2. The number of aryl methyl sites for hydroxylation is 1. The lowest BCUT2D eigenvalue weighted by atomic mass is 10.1. The zero-order valence-electron chi connectivity index (χ0n) is 17.5. The molecular weight excluding hydrogens is 421 g/mol. The summed E-state index contributed by atoms with van der Waals surface area (Å²) < 4.78 is 46.6. The maximum Gasteiger partial charge on any atom is 0.254 e. The lowest BCUT2D eigenvalue weighted by Gasteiger charge is -2.36. The van der Waals surface area contributed by atoms with Crippen LogP contribution in [0.1, 0.15) is 15.9 Å². The monoisotopic (exact) mass is 447 g/mol. The summed E-state index contributed by atoms with van der Waals surface area (Å²) in [5, 5.41) is 0. The van der Waals surface area contributed by atoms with Gasteiger partial charge in [-0.25, -0.2) is 12.8 Å². The molecule has 0 aromatic heterocycles. The fourth-order valence-electron chi connectivity index (χ4n) is 3.94. The lowest BCUT2D eigenvalue weighted by Crippen LogP contribution is -2.48. The first-order chi connectivity index (χ1) is 14.9. The molecule has 0 radical (unpaired) electrons. The van der Waals surface area contributed by atoms with Gasteiger partial charge in [-0.3, -0.25) is 4.79 Å². The maximum absolute atomic E-state index is 14.4. The summed E-state index contributed by atoms with van der Waals surface area (Å²) in [5.74, 6) is -1.14. The van der Waals surface area contributed by atoms with E-state index in [9.17, 15) is 17.6 Å². The van der Waals surface area contributed by atoms with Crippen LogP contribution >= 0.6 is 0 Å². The highest BCUT2D eigenvalue weighted by atomic mass is 32.2. The number of rotatable bonds is 4. The van der Waals surface area contributed by atoms with Crippen LogP contribution in [0.3, 0.4) is 0 Å². The van der Waals surface area contributed by atoms with E-state index in [1.807, 2.05) is 25.1 Å². The molecule has 2 heterocycles. The second-order valence-electron chi connectivity index (χ2n) is 7.78. The smallest absolute Gasteiger partial charge is 0.254 e. The first-order valence-corrected chi connectivity index (χ1v) is 11.8. The number of carbonyl (C=O) groups is 1. The number of amides is 1. The SMILES string of the molecule is Cc1cccc(N2CCN(C(=O)c3ccc(F)c(S(=O)(=O)N4CCOCC4)c3)CC2)c1. The zero-order chi connectivity index (χ0) is 22.0. The summed E-state index contributed by atoms with van der Waals surface area (Å²) >= 11 is 0. The lowest BCUT2D eigenvalue weighted by molar-refractivity contribution is 0.0728. The average Bonchev–Trinajstić information content (AvgIpc) is 2.79. The highest BCUT2D eigenvalue weighted by Gasteiger charge is 2.31. The molecule has 0 bridgehead atoms. The van der Waals surface area contributed by atoms with Crippen molar-refractivity contribution < 1.29 is 22.3 Å². The number of carbonyl (C=O) groups excluding carboxylic acids is 1. The van der Waals surface area contributed by atoms with Gasteiger partial charge in [-0.2, -0.15) is 4.31 Å². The summed E-state index contributed by atoms with van der Waals surface area (Å²) in [6.45, 7) is 5.29. The molecule has 0 atom stereocenters. The van der Waals surface area contributed by atoms with Gasteiger partial charge >= 0.3 is 0 Å². The minimum Gasteiger partial charge on any atom is -0.379 e. The van der Waals surface area contributed by atoms with Gasteiger partial charge in [0.2, 0.25) is 10.0 Å². The second-order valence-corrected chi connectivity index (χ2v) is 9.69. The van der Waals surface area contributed by atoms with Crippen LogP contribution in [0.5, 0.6) is 0 Å². The predicted octanol–water partition coefficient (Wildman–Crippen LogP) is 2.12. The van der Waals surface area contributed by atoms with Gasteiger partial charge in [0.25, 0.3) is 5.91 Å². The molecule has 0 aliphatic carbocycles. The minimum atomic E-state index is -4.03. The number of halogens is 1. The standard InChI is InChI=1S/C22H26FN3O4S/c1-17-3-2-4-19(15-17)24-7-9-25(10-8-24)22(27)18-5-6-20(23)21(16-18)31(28,29)26-11-13-30-14-12-26/h2-6,15-16H,7-14H2,1H3. The molecule has 2 aromatic rings. The highest BCUT2D eigenvalue weighted by Crippen LogP contribution is 2.23. The van der Waals surface area contributed by atoms with Crippen molar-refractivity contribution in [1.29, 1.82) is 0 Å². The quantitative estimate of drug-likeness (QED) is 0.718. The Morgan fingerprint density at radius 3 is 2.35 bits per heavy atom. The van der Waals surface area contributed by atoms with Crippen molar-refractivity contribution in [2.75, 3.05) is 57.4 Å². The molecule has 7 nitrogen and oxygen atoms in total. The molecule has 4 rings (SSSR count). The Bertz CT molecular complexity index is 1060. The fraction of sp³-hybridized carbons (Fsp3) is 0.409. The van der Waals surface area contributed by atoms with Crippen LogP contribution in [-0.4, -0.2) is 76.0 Å². The van der Waals surface area contributed by atoms with Gasteiger partial charge in [0.1, 0.15) is 10.7 Å². The van der Waals surface area contributed by atoms with E-state index in [0.29, 0.717) is 26.2 Å². The Morgan fingerprint density at radius 2 is 1.68 bits per heavy atom.